The molecule has 3 aromatic heterocycles. The van der Waals surface area contributed by atoms with Crippen molar-refractivity contribution in [2.24, 2.45) is 0 Å². The number of hydrogen-bond acceptors (Lipinski definition) is 7. The highest BCUT2D eigenvalue weighted by Crippen LogP contribution is 2.18. The molecule has 0 aliphatic carbocycles. The molecule has 3 N–H and O–H groups in total. The lowest BCUT2D eigenvalue weighted by Crippen LogP contribution is -2.20. The highest BCUT2D eigenvalue weighted by Gasteiger charge is 2.15. The quantitative estimate of drug-likeness (QED) is 0.486. The maximum Gasteiger partial charge on any atom is 0.258 e. The Morgan fingerprint density at radius 1 is 1.18 bits per heavy atom. The molecule has 3 heterocycles. The molecular weight excluding hydrogens is 358 g/mol. The van der Waals surface area contributed by atoms with Gasteiger partial charge in [-0.3, -0.25) is 19.7 Å². The normalized spacial score (nSPS) is 11.8. The number of ether oxygens (including phenoxy) is 1. The molecule has 0 aliphatic rings. The number of methoxy groups -OCH3 is 1. The number of hydrogen-bond donors (Lipinski definition) is 3. The fraction of sp³-hybridized carbons (Fsp3) is 0.300. The van der Waals surface area contributed by atoms with Crippen LogP contribution in [0.1, 0.15) is 35.8 Å². The van der Waals surface area contributed by atoms with Crippen LogP contribution in [0.25, 0.3) is 0 Å². The molecule has 1 unspecified atom stereocenters. The first-order chi connectivity index (χ1) is 13.7. The number of nitrogens with one attached hydrogen (secondary N) is 2. The van der Waals surface area contributed by atoms with Gasteiger partial charge in [0.2, 0.25) is 5.95 Å². The molecule has 0 saturated carbocycles. The molecule has 0 radical (unpaired) electrons. The second-order valence-corrected chi connectivity index (χ2v) is 6.24. The first-order valence-corrected chi connectivity index (χ1v) is 9.08. The number of rotatable bonds is 9. The predicted molar refractivity (Wildman–Crippen MR) is 105 cm³/mol. The van der Waals surface area contributed by atoms with E-state index in [9.17, 15) is 9.90 Å². The zero-order valence-electron chi connectivity index (χ0n) is 15.6. The van der Waals surface area contributed by atoms with Crippen molar-refractivity contribution in [2.45, 2.75) is 25.4 Å². The second-order valence-electron chi connectivity index (χ2n) is 6.24. The third kappa shape index (κ3) is 4.92. The van der Waals surface area contributed by atoms with Gasteiger partial charge in [0.1, 0.15) is 11.9 Å². The molecule has 0 amide bonds. The Bertz CT molecular complexity index is 946. The van der Waals surface area contributed by atoms with Crippen molar-refractivity contribution >= 4 is 5.95 Å². The lowest BCUT2D eigenvalue weighted by molar-refractivity contribution is 0.218. The van der Waals surface area contributed by atoms with Crippen molar-refractivity contribution in [3.05, 3.63) is 76.2 Å². The summed E-state index contributed by atoms with van der Waals surface area (Å²) in [7, 11) is 1.64. The standard InChI is InChI=1S/C20H23N5O3/c1-28-17-6-4-10-22-16(17)5-2-3-9-23-20-24-13-15(19(27)25-20)18(26)14-7-11-21-12-8-14/h4,6-8,10-13,18,26H,2-3,5,9H2,1H3,(H2,23,24,25,27). The van der Waals surface area contributed by atoms with Crippen LogP contribution in [0.4, 0.5) is 5.95 Å². The Hall–Kier alpha value is -3.26. The van der Waals surface area contributed by atoms with Crippen LogP contribution in [-0.2, 0) is 6.42 Å². The van der Waals surface area contributed by atoms with E-state index in [4.69, 9.17) is 4.74 Å². The Kier molecular flexibility index (Phi) is 6.69. The zero-order chi connectivity index (χ0) is 19.8. The fourth-order valence-electron chi connectivity index (χ4n) is 2.84. The summed E-state index contributed by atoms with van der Waals surface area (Å²) in [5, 5.41) is 13.4. The smallest absolute Gasteiger partial charge is 0.258 e. The number of anilines is 1. The number of nitrogens with zero attached hydrogens (tertiary/aromatic N) is 3. The zero-order valence-corrected chi connectivity index (χ0v) is 15.6. The average molecular weight is 381 g/mol. The van der Waals surface area contributed by atoms with Gasteiger partial charge in [-0.25, -0.2) is 4.98 Å². The van der Waals surface area contributed by atoms with Crippen molar-refractivity contribution in [1.29, 1.82) is 0 Å². The third-order valence-corrected chi connectivity index (χ3v) is 4.34. The molecule has 1 atom stereocenters. The van der Waals surface area contributed by atoms with E-state index < -0.39 is 6.10 Å². The minimum absolute atomic E-state index is 0.194. The van der Waals surface area contributed by atoms with E-state index >= 15 is 0 Å². The van der Waals surface area contributed by atoms with Gasteiger partial charge in [0.15, 0.2) is 0 Å². The van der Waals surface area contributed by atoms with Crippen LogP contribution in [0, 0.1) is 0 Å². The predicted octanol–water partition coefficient (Wildman–Crippen LogP) is 2.08. The van der Waals surface area contributed by atoms with E-state index in [1.54, 1.807) is 37.8 Å². The van der Waals surface area contributed by atoms with Gasteiger partial charge in [-0.15, -0.1) is 0 Å². The van der Waals surface area contributed by atoms with Gasteiger partial charge in [0, 0.05) is 31.3 Å². The van der Waals surface area contributed by atoms with Gasteiger partial charge < -0.3 is 15.2 Å². The van der Waals surface area contributed by atoms with E-state index in [1.807, 2.05) is 12.1 Å². The van der Waals surface area contributed by atoms with Crippen molar-refractivity contribution in [3.63, 3.8) is 0 Å². The monoisotopic (exact) mass is 381 g/mol. The summed E-state index contributed by atoms with van der Waals surface area (Å²) in [4.78, 5) is 27.4. The molecule has 0 aromatic carbocycles. The average Bonchev–Trinajstić information content (AvgIpc) is 2.74. The summed E-state index contributed by atoms with van der Waals surface area (Å²) in [6.07, 6.45) is 7.85. The maximum absolute atomic E-state index is 12.3. The van der Waals surface area contributed by atoms with E-state index in [0.717, 1.165) is 30.7 Å². The van der Waals surface area contributed by atoms with Crippen molar-refractivity contribution in [2.75, 3.05) is 19.0 Å². The van der Waals surface area contributed by atoms with Gasteiger partial charge in [0.05, 0.1) is 18.4 Å². The molecule has 8 nitrogen and oxygen atoms in total. The van der Waals surface area contributed by atoms with E-state index in [-0.39, 0.29) is 11.1 Å². The van der Waals surface area contributed by atoms with Crippen LogP contribution >= 0.6 is 0 Å². The number of aryl methyl sites for hydroxylation is 1. The Morgan fingerprint density at radius 2 is 2.00 bits per heavy atom. The lowest BCUT2D eigenvalue weighted by atomic mass is 10.1. The summed E-state index contributed by atoms with van der Waals surface area (Å²) >= 11 is 0. The minimum Gasteiger partial charge on any atom is -0.495 e. The number of H-pyrrole nitrogens is 1. The number of aliphatic hydroxyl groups is 1. The molecule has 28 heavy (non-hydrogen) atoms. The van der Waals surface area contributed by atoms with Crippen molar-refractivity contribution < 1.29 is 9.84 Å². The summed E-state index contributed by atoms with van der Waals surface area (Å²) in [5.41, 5.74) is 1.35. The number of aromatic amines is 1. The SMILES string of the molecule is COc1cccnc1CCCCNc1ncc(C(O)c2ccncc2)c(=O)[nH]1. The summed E-state index contributed by atoms with van der Waals surface area (Å²) in [6, 6.07) is 7.07. The van der Waals surface area contributed by atoms with Gasteiger partial charge in [-0.05, 0) is 49.1 Å². The molecule has 0 bridgehead atoms. The van der Waals surface area contributed by atoms with Crippen LogP contribution in [0.2, 0.25) is 0 Å². The number of unbranched alkanes of at least 4 members (excludes halogenated alkanes) is 1. The highest BCUT2D eigenvalue weighted by molar-refractivity contribution is 5.30. The molecule has 146 valence electrons. The van der Waals surface area contributed by atoms with Gasteiger partial charge in [-0.2, -0.15) is 0 Å². The Labute approximate surface area is 162 Å². The first-order valence-electron chi connectivity index (χ1n) is 9.08. The second kappa shape index (κ2) is 9.61. The van der Waals surface area contributed by atoms with E-state index in [1.165, 1.54) is 6.20 Å². The summed E-state index contributed by atoms with van der Waals surface area (Å²) < 4.78 is 5.30. The van der Waals surface area contributed by atoms with Gasteiger partial charge in [0.25, 0.3) is 5.56 Å². The molecule has 0 aliphatic heterocycles. The van der Waals surface area contributed by atoms with Crippen LogP contribution < -0.4 is 15.6 Å². The molecule has 0 saturated heterocycles. The number of aromatic nitrogens is 4. The van der Waals surface area contributed by atoms with Gasteiger partial charge >= 0.3 is 0 Å². The number of aliphatic hydroxyl groups excluding tert-OH is 1. The van der Waals surface area contributed by atoms with Crippen LogP contribution in [0.5, 0.6) is 5.75 Å². The minimum atomic E-state index is -1.04. The van der Waals surface area contributed by atoms with Crippen LogP contribution in [0.3, 0.4) is 0 Å². The molecule has 0 fully saturated rings. The Morgan fingerprint density at radius 3 is 2.75 bits per heavy atom. The highest BCUT2D eigenvalue weighted by atomic mass is 16.5. The largest absolute Gasteiger partial charge is 0.495 e. The summed E-state index contributed by atoms with van der Waals surface area (Å²) in [5.74, 6) is 1.18. The summed E-state index contributed by atoms with van der Waals surface area (Å²) in [6.45, 7) is 0.657. The molecule has 3 rings (SSSR count). The fourth-order valence-corrected chi connectivity index (χ4v) is 2.84. The maximum atomic E-state index is 12.3. The first kappa shape index (κ1) is 19.5. The molecule has 3 aromatic rings. The molecule has 0 spiro atoms. The lowest BCUT2D eigenvalue weighted by Gasteiger charge is -2.11. The Balaban J connectivity index is 1.50. The topological polar surface area (TPSA) is 113 Å². The van der Waals surface area contributed by atoms with Crippen LogP contribution in [-0.4, -0.2) is 38.7 Å². The molecular formula is C20H23N5O3. The van der Waals surface area contributed by atoms with E-state index in [0.29, 0.717) is 18.1 Å². The number of pyridine rings is 2. The third-order valence-electron chi connectivity index (χ3n) is 4.34. The van der Waals surface area contributed by atoms with Crippen molar-refractivity contribution in [3.8, 4) is 5.75 Å². The molecule has 8 heteroatoms. The van der Waals surface area contributed by atoms with E-state index in [2.05, 4.69) is 25.3 Å². The van der Waals surface area contributed by atoms with Crippen molar-refractivity contribution in [1.82, 2.24) is 19.9 Å². The van der Waals surface area contributed by atoms with Crippen LogP contribution in [0.15, 0.2) is 53.8 Å². The van der Waals surface area contributed by atoms with Gasteiger partial charge in [-0.1, -0.05) is 0 Å².